The van der Waals surface area contributed by atoms with Crippen molar-refractivity contribution in [2.75, 3.05) is 20.3 Å². The monoisotopic (exact) mass is 201 g/mol. The van der Waals surface area contributed by atoms with Crippen LogP contribution in [-0.2, 0) is 4.74 Å². The van der Waals surface area contributed by atoms with Crippen molar-refractivity contribution in [1.29, 1.82) is 0 Å². The Hall–Kier alpha value is -0.0800. The highest BCUT2D eigenvalue weighted by Gasteiger charge is 2.05. The van der Waals surface area contributed by atoms with Crippen molar-refractivity contribution in [2.45, 2.75) is 58.4 Å². The lowest BCUT2D eigenvalue weighted by Gasteiger charge is -2.17. The number of unbranched alkanes of at least 4 members (excludes halogenated alkanes) is 1. The summed E-state index contributed by atoms with van der Waals surface area (Å²) in [7, 11) is 1.78. The van der Waals surface area contributed by atoms with Gasteiger partial charge in [0.25, 0.3) is 0 Å². The summed E-state index contributed by atoms with van der Waals surface area (Å²) in [5.41, 5.74) is 0. The van der Waals surface area contributed by atoms with Crippen LogP contribution in [0.25, 0.3) is 0 Å². The molecule has 0 aromatic heterocycles. The Balaban J connectivity index is 3.49. The molecule has 1 atom stereocenters. The average Bonchev–Trinajstić information content (AvgIpc) is 2.21. The van der Waals surface area contributed by atoms with Gasteiger partial charge in [0.1, 0.15) is 0 Å². The minimum atomic E-state index is 0.713. The van der Waals surface area contributed by atoms with Gasteiger partial charge in [-0.05, 0) is 32.2 Å². The van der Waals surface area contributed by atoms with E-state index in [1.54, 1.807) is 7.11 Å². The van der Waals surface area contributed by atoms with Gasteiger partial charge in [0.05, 0.1) is 0 Å². The second-order valence-corrected chi connectivity index (χ2v) is 3.93. The Labute approximate surface area is 89.4 Å². The fraction of sp³-hybridized carbons (Fsp3) is 1.00. The molecular weight excluding hydrogens is 174 g/mol. The molecule has 1 N–H and O–H groups in total. The Morgan fingerprint density at radius 1 is 1.07 bits per heavy atom. The van der Waals surface area contributed by atoms with Crippen molar-refractivity contribution in [3.05, 3.63) is 0 Å². The summed E-state index contributed by atoms with van der Waals surface area (Å²) in [5, 5.41) is 3.61. The highest BCUT2D eigenvalue weighted by Crippen LogP contribution is 2.07. The van der Waals surface area contributed by atoms with Crippen LogP contribution in [0.5, 0.6) is 0 Å². The van der Waals surface area contributed by atoms with Crippen LogP contribution in [0.3, 0.4) is 0 Å². The smallest absolute Gasteiger partial charge is 0.0462 e. The van der Waals surface area contributed by atoms with Gasteiger partial charge in [-0.2, -0.15) is 0 Å². The number of hydrogen-bond donors (Lipinski definition) is 1. The summed E-state index contributed by atoms with van der Waals surface area (Å²) in [5.74, 6) is 0. The maximum Gasteiger partial charge on any atom is 0.0462 e. The van der Waals surface area contributed by atoms with Crippen LogP contribution in [0.2, 0.25) is 0 Å². The van der Waals surface area contributed by atoms with E-state index in [0.717, 1.165) is 13.2 Å². The molecule has 86 valence electrons. The Morgan fingerprint density at radius 2 is 1.79 bits per heavy atom. The van der Waals surface area contributed by atoms with Crippen molar-refractivity contribution in [1.82, 2.24) is 5.32 Å². The van der Waals surface area contributed by atoms with E-state index in [1.165, 1.54) is 38.5 Å². The number of ether oxygens (including phenoxy) is 1. The Bertz CT molecular complexity index is 98.5. The summed E-state index contributed by atoms with van der Waals surface area (Å²) in [4.78, 5) is 0. The topological polar surface area (TPSA) is 21.3 Å². The minimum Gasteiger partial charge on any atom is -0.385 e. The standard InChI is InChI=1S/C12H27NO/c1-4-6-8-12(13-10-5-2)9-7-11-14-3/h12-13H,4-11H2,1-3H3. The van der Waals surface area contributed by atoms with Gasteiger partial charge in [0.15, 0.2) is 0 Å². The van der Waals surface area contributed by atoms with Crippen LogP contribution in [0, 0.1) is 0 Å². The first-order valence-electron chi connectivity index (χ1n) is 6.07. The van der Waals surface area contributed by atoms with Crippen LogP contribution < -0.4 is 5.32 Å². The molecule has 0 rings (SSSR count). The summed E-state index contributed by atoms with van der Waals surface area (Å²) in [6.07, 6.45) is 7.63. The molecule has 0 aromatic carbocycles. The first-order chi connectivity index (χ1) is 6.85. The van der Waals surface area contributed by atoms with Gasteiger partial charge in [0, 0.05) is 19.8 Å². The number of methoxy groups -OCH3 is 1. The third kappa shape index (κ3) is 8.52. The van der Waals surface area contributed by atoms with Gasteiger partial charge in [-0.15, -0.1) is 0 Å². The molecule has 0 fully saturated rings. The van der Waals surface area contributed by atoms with Crippen molar-refractivity contribution < 1.29 is 4.74 Å². The lowest BCUT2D eigenvalue weighted by atomic mass is 10.0. The lowest BCUT2D eigenvalue weighted by Crippen LogP contribution is -2.30. The van der Waals surface area contributed by atoms with Crippen LogP contribution in [0.4, 0.5) is 0 Å². The lowest BCUT2D eigenvalue weighted by molar-refractivity contribution is 0.188. The molecular formula is C12H27NO. The van der Waals surface area contributed by atoms with Gasteiger partial charge < -0.3 is 10.1 Å². The van der Waals surface area contributed by atoms with Crippen LogP contribution >= 0.6 is 0 Å². The molecule has 0 bridgehead atoms. The molecule has 0 aromatic rings. The van der Waals surface area contributed by atoms with E-state index >= 15 is 0 Å². The quantitative estimate of drug-likeness (QED) is 0.549. The van der Waals surface area contributed by atoms with Crippen LogP contribution in [0.1, 0.15) is 52.4 Å². The maximum atomic E-state index is 5.07. The number of rotatable bonds is 10. The van der Waals surface area contributed by atoms with E-state index in [9.17, 15) is 0 Å². The predicted molar refractivity (Wildman–Crippen MR) is 62.7 cm³/mol. The third-order valence-electron chi connectivity index (χ3n) is 2.49. The van der Waals surface area contributed by atoms with Crippen LogP contribution in [-0.4, -0.2) is 26.3 Å². The molecule has 0 saturated carbocycles. The molecule has 14 heavy (non-hydrogen) atoms. The Morgan fingerprint density at radius 3 is 2.36 bits per heavy atom. The van der Waals surface area contributed by atoms with E-state index < -0.39 is 0 Å². The average molecular weight is 201 g/mol. The normalized spacial score (nSPS) is 13.1. The summed E-state index contributed by atoms with van der Waals surface area (Å²) < 4.78 is 5.07. The fourth-order valence-electron chi connectivity index (χ4n) is 1.62. The fourth-order valence-corrected chi connectivity index (χ4v) is 1.62. The van der Waals surface area contributed by atoms with Gasteiger partial charge in [-0.3, -0.25) is 0 Å². The summed E-state index contributed by atoms with van der Waals surface area (Å²) in [6.45, 7) is 6.53. The molecule has 1 unspecified atom stereocenters. The number of hydrogen-bond acceptors (Lipinski definition) is 2. The maximum absolute atomic E-state index is 5.07. The van der Waals surface area contributed by atoms with Gasteiger partial charge in [-0.1, -0.05) is 26.7 Å². The second-order valence-electron chi connectivity index (χ2n) is 3.93. The summed E-state index contributed by atoms with van der Waals surface area (Å²) in [6, 6.07) is 0.713. The van der Waals surface area contributed by atoms with Gasteiger partial charge >= 0.3 is 0 Å². The van der Waals surface area contributed by atoms with E-state index in [1.807, 2.05) is 0 Å². The molecule has 0 heterocycles. The van der Waals surface area contributed by atoms with Crippen molar-refractivity contribution in [3.8, 4) is 0 Å². The molecule has 0 aliphatic carbocycles. The van der Waals surface area contributed by atoms with E-state index in [-0.39, 0.29) is 0 Å². The molecule has 0 saturated heterocycles. The third-order valence-corrected chi connectivity index (χ3v) is 2.49. The molecule has 0 aliphatic rings. The molecule has 0 aliphatic heterocycles. The van der Waals surface area contributed by atoms with Gasteiger partial charge in [0.2, 0.25) is 0 Å². The zero-order valence-electron chi connectivity index (χ0n) is 10.1. The van der Waals surface area contributed by atoms with Crippen LogP contribution in [0.15, 0.2) is 0 Å². The first-order valence-corrected chi connectivity index (χ1v) is 6.07. The van der Waals surface area contributed by atoms with E-state index in [0.29, 0.717) is 6.04 Å². The highest BCUT2D eigenvalue weighted by molar-refractivity contribution is 4.66. The molecule has 0 radical (unpaired) electrons. The van der Waals surface area contributed by atoms with Gasteiger partial charge in [-0.25, -0.2) is 0 Å². The zero-order valence-corrected chi connectivity index (χ0v) is 10.1. The zero-order chi connectivity index (χ0) is 10.6. The molecule has 2 heteroatoms. The van der Waals surface area contributed by atoms with Crippen molar-refractivity contribution >= 4 is 0 Å². The predicted octanol–water partition coefficient (Wildman–Crippen LogP) is 2.97. The summed E-state index contributed by atoms with van der Waals surface area (Å²) >= 11 is 0. The van der Waals surface area contributed by atoms with Crippen molar-refractivity contribution in [3.63, 3.8) is 0 Å². The Kier molecular flexibility index (Phi) is 10.9. The second kappa shape index (κ2) is 11.0. The first kappa shape index (κ1) is 13.9. The molecule has 0 amide bonds. The van der Waals surface area contributed by atoms with Crippen molar-refractivity contribution in [2.24, 2.45) is 0 Å². The molecule has 0 spiro atoms. The van der Waals surface area contributed by atoms with E-state index in [4.69, 9.17) is 4.74 Å². The number of nitrogens with one attached hydrogen (secondary N) is 1. The molecule has 2 nitrogen and oxygen atoms in total. The van der Waals surface area contributed by atoms with E-state index in [2.05, 4.69) is 19.2 Å². The highest BCUT2D eigenvalue weighted by atomic mass is 16.5. The largest absolute Gasteiger partial charge is 0.385 e. The minimum absolute atomic E-state index is 0.713. The SMILES string of the molecule is CCCCC(CCCOC)NCCC.